The van der Waals surface area contributed by atoms with Crippen LogP contribution in [0.15, 0.2) is 42.0 Å². The molecule has 132 valence electrons. The Hall–Kier alpha value is -2.68. The lowest BCUT2D eigenvalue weighted by molar-refractivity contribution is -0.135. The number of aryl methyl sites for hydroxylation is 1. The largest absolute Gasteiger partial charge is 0.481 e. The molecule has 1 N–H and O–H groups in total. The van der Waals surface area contributed by atoms with Crippen molar-refractivity contribution >= 4 is 23.2 Å². The van der Waals surface area contributed by atoms with Gasteiger partial charge in [-0.15, -0.1) is 0 Å². The van der Waals surface area contributed by atoms with Gasteiger partial charge in [-0.3, -0.25) is 4.79 Å². The molecule has 0 radical (unpaired) electrons. The summed E-state index contributed by atoms with van der Waals surface area (Å²) in [4.78, 5) is 11.3. The van der Waals surface area contributed by atoms with Crippen LogP contribution < -0.4 is 0 Å². The quantitative estimate of drug-likeness (QED) is 0.794. The Bertz CT molecular complexity index is 966. The van der Waals surface area contributed by atoms with Gasteiger partial charge in [0, 0.05) is 0 Å². The minimum Gasteiger partial charge on any atom is -0.481 e. The molecule has 0 amide bonds. The first kappa shape index (κ1) is 16.8. The summed E-state index contributed by atoms with van der Waals surface area (Å²) in [5.41, 5.74) is 8.29. The first-order chi connectivity index (χ1) is 12.5. The summed E-state index contributed by atoms with van der Waals surface area (Å²) < 4.78 is 13.8. The topological polar surface area (TPSA) is 37.3 Å². The van der Waals surface area contributed by atoms with Gasteiger partial charge >= 0.3 is 5.97 Å². The lowest BCUT2D eigenvalue weighted by Crippen LogP contribution is -2.04. The van der Waals surface area contributed by atoms with Crippen molar-refractivity contribution < 1.29 is 14.3 Å². The number of hydrogen-bond donors (Lipinski definition) is 1. The van der Waals surface area contributed by atoms with Crippen LogP contribution in [0.25, 0.3) is 17.2 Å². The molecule has 0 aromatic heterocycles. The molecule has 26 heavy (non-hydrogen) atoms. The maximum absolute atomic E-state index is 13.8. The van der Waals surface area contributed by atoms with Crippen LogP contribution in [0.1, 0.15) is 54.0 Å². The first-order valence-electron chi connectivity index (χ1n) is 9.09. The van der Waals surface area contributed by atoms with Crippen LogP contribution in [0, 0.1) is 5.82 Å². The Morgan fingerprint density at radius 3 is 2.77 bits per heavy atom. The molecule has 0 saturated carbocycles. The van der Waals surface area contributed by atoms with Crippen LogP contribution in [-0.4, -0.2) is 11.1 Å². The molecular formula is C23H21FO2. The van der Waals surface area contributed by atoms with Crippen molar-refractivity contribution in [2.45, 2.75) is 39.0 Å². The third-order valence-corrected chi connectivity index (χ3v) is 5.51. The van der Waals surface area contributed by atoms with Crippen LogP contribution in [0.2, 0.25) is 0 Å². The summed E-state index contributed by atoms with van der Waals surface area (Å²) in [7, 11) is 0. The van der Waals surface area contributed by atoms with Crippen molar-refractivity contribution in [3.05, 3.63) is 75.6 Å². The third kappa shape index (κ3) is 2.88. The van der Waals surface area contributed by atoms with Gasteiger partial charge in [-0.1, -0.05) is 24.3 Å². The highest BCUT2D eigenvalue weighted by Crippen LogP contribution is 2.44. The van der Waals surface area contributed by atoms with Crippen molar-refractivity contribution in [3.8, 4) is 0 Å². The monoisotopic (exact) mass is 348 g/mol. The second kappa shape index (κ2) is 6.56. The van der Waals surface area contributed by atoms with Gasteiger partial charge in [0.2, 0.25) is 0 Å². The summed E-state index contributed by atoms with van der Waals surface area (Å²) in [6.45, 7) is 1.94. The van der Waals surface area contributed by atoms with E-state index in [1.54, 1.807) is 6.07 Å². The average Bonchev–Trinajstić information content (AvgIpc) is 2.87. The van der Waals surface area contributed by atoms with Gasteiger partial charge in [-0.05, 0) is 95.4 Å². The van der Waals surface area contributed by atoms with E-state index in [1.807, 2.05) is 6.92 Å². The lowest BCUT2D eigenvalue weighted by Gasteiger charge is -2.18. The van der Waals surface area contributed by atoms with Crippen LogP contribution in [0.3, 0.4) is 0 Å². The fraction of sp³-hybridized carbons (Fsp3) is 0.261. The highest BCUT2D eigenvalue weighted by atomic mass is 19.1. The van der Waals surface area contributed by atoms with Gasteiger partial charge in [0.25, 0.3) is 0 Å². The number of fused-ring (bicyclic) bond motifs is 2. The van der Waals surface area contributed by atoms with Crippen molar-refractivity contribution in [1.29, 1.82) is 0 Å². The van der Waals surface area contributed by atoms with Crippen molar-refractivity contribution in [2.24, 2.45) is 0 Å². The van der Waals surface area contributed by atoms with E-state index in [2.05, 4.69) is 24.3 Å². The number of carboxylic acid groups (broad SMARTS) is 1. The molecule has 0 bridgehead atoms. The van der Waals surface area contributed by atoms with Crippen LogP contribution in [0.4, 0.5) is 4.39 Å². The van der Waals surface area contributed by atoms with Crippen LogP contribution in [-0.2, 0) is 17.6 Å². The molecule has 0 heterocycles. The van der Waals surface area contributed by atoms with Crippen LogP contribution in [0.5, 0.6) is 0 Å². The zero-order valence-corrected chi connectivity index (χ0v) is 14.8. The molecule has 4 rings (SSSR count). The van der Waals surface area contributed by atoms with Gasteiger partial charge in [-0.2, -0.15) is 0 Å². The number of carboxylic acids is 1. The number of rotatable bonds is 3. The summed E-state index contributed by atoms with van der Waals surface area (Å²) in [6.07, 6.45) is 6.70. The second-order valence-corrected chi connectivity index (χ2v) is 7.11. The van der Waals surface area contributed by atoms with E-state index in [0.29, 0.717) is 11.1 Å². The Labute approximate surface area is 152 Å². The number of aliphatic carboxylic acids is 1. The van der Waals surface area contributed by atoms with Gasteiger partial charge in [0.05, 0.1) is 6.42 Å². The number of allylic oxidation sites excluding steroid dienone is 2. The molecule has 0 atom stereocenters. The predicted octanol–water partition coefficient (Wildman–Crippen LogP) is 5.51. The Kier molecular flexibility index (Phi) is 4.23. The third-order valence-electron chi connectivity index (χ3n) is 5.51. The van der Waals surface area contributed by atoms with Crippen LogP contribution >= 0.6 is 0 Å². The maximum Gasteiger partial charge on any atom is 0.307 e. The first-order valence-corrected chi connectivity index (χ1v) is 9.09. The Morgan fingerprint density at radius 1 is 1.15 bits per heavy atom. The number of halogens is 1. The minimum absolute atomic E-state index is 0.0908. The van der Waals surface area contributed by atoms with Gasteiger partial charge in [0.15, 0.2) is 0 Å². The summed E-state index contributed by atoms with van der Waals surface area (Å²) in [6, 6.07) is 11.1. The molecule has 0 spiro atoms. The Balaban J connectivity index is 1.88. The highest BCUT2D eigenvalue weighted by molar-refractivity contribution is 6.07. The lowest BCUT2D eigenvalue weighted by atomic mass is 9.87. The minimum atomic E-state index is -0.895. The van der Waals surface area contributed by atoms with Crippen molar-refractivity contribution in [1.82, 2.24) is 0 Å². The number of carbonyl (C=O) groups is 1. The number of benzene rings is 2. The molecule has 0 fully saturated rings. The molecule has 0 unspecified atom stereocenters. The van der Waals surface area contributed by atoms with E-state index in [0.717, 1.165) is 29.6 Å². The normalized spacial score (nSPS) is 17.4. The van der Waals surface area contributed by atoms with E-state index in [4.69, 9.17) is 0 Å². The fourth-order valence-electron chi connectivity index (χ4n) is 4.23. The molecular weight excluding hydrogens is 327 g/mol. The SMILES string of the molecule is CC1=C(CC(=O)O)c2cc(F)ccc2/C1=C\c1cccc2c1CCCC2. The second-order valence-electron chi connectivity index (χ2n) is 7.11. The maximum atomic E-state index is 13.8. The number of hydrogen-bond acceptors (Lipinski definition) is 1. The molecule has 2 aromatic rings. The standard InChI is InChI=1S/C23H21FO2/c1-14-20(11-16-7-4-6-15-5-2-3-8-18(15)16)19-10-9-17(24)12-22(19)21(14)13-23(25)26/h4,6-7,9-12H,2-3,5,8,13H2,1H3,(H,25,26)/b20-11-. The smallest absolute Gasteiger partial charge is 0.307 e. The predicted molar refractivity (Wildman–Crippen MR) is 102 cm³/mol. The molecule has 2 aliphatic carbocycles. The average molecular weight is 348 g/mol. The van der Waals surface area contributed by atoms with Crippen molar-refractivity contribution in [3.63, 3.8) is 0 Å². The van der Waals surface area contributed by atoms with E-state index in [1.165, 1.54) is 41.7 Å². The van der Waals surface area contributed by atoms with Gasteiger partial charge < -0.3 is 5.11 Å². The van der Waals surface area contributed by atoms with E-state index in [9.17, 15) is 14.3 Å². The summed E-state index contributed by atoms with van der Waals surface area (Å²) in [5, 5.41) is 9.27. The molecule has 2 aliphatic rings. The van der Waals surface area contributed by atoms with Gasteiger partial charge in [0.1, 0.15) is 5.82 Å². The zero-order valence-electron chi connectivity index (χ0n) is 14.8. The van der Waals surface area contributed by atoms with E-state index >= 15 is 0 Å². The summed E-state index contributed by atoms with van der Waals surface area (Å²) >= 11 is 0. The molecule has 0 saturated heterocycles. The highest BCUT2D eigenvalue weighted by Gasteiger charge is 2.26. The molecule has 2 aromatic carbocycles. The molecule has 3 heteroatoms. The van der Waals surface area contributed by atoms with E-state index in [-0.39, 0.29) is 12.2 Å². The Morgan fingerprint density at radius 2 is 1.96 bits per heavy atom. The van der Waals surface area contributed by atoms with Gasteiger partial charge in [-0.25, -0.2) is 4.39 Å². The molecule has 2 nitrogen and oxygen atoms in total. The zero-order chi connectivity index (χ0) is 18.3. The summed E-state index contributed by atoms with van der Waals surface area (Å²) in [5.74, 6) is -1.23. The molecule has 0 aliphatic heterocycles. The van der Waals surface area contributed by atoms with E-state index < -0.39 is 5.97 Å². The fourth-order valence-corrected chi connectivity index (χ4v) is 4.23. The van der Waals surface area contributed by atoms with Crippen molar-refractivity contribution in [2.75, 3.05) is 0 Å².